The Hall–Kier alpha value is -1.92. The lowest BCUT2D eigenvalue weighted by molar-refractivity contribution is -0.129. The average molecular weight is 307 g/mol. The topological polar surface area (TPSA) is 79.5 Å². The summed E-state index contributed by atoms with van der Waals surface area (Å²) in [4.78, 5) is 23.9. The number of rotatable bonds is 10. The van der Waals surface area contributed by atoms with Crippen LogP contribution < -0.4 is 16.0 Å². The molecule has 0 saturated heterocycles. The minimum Gasteiger partial charge on any atom is -0.383 e. The lowest BCUT2D eigenvalue weighted by Crippen LogP contribution is -2.42. The SMILES string of the molecule is CCC(=O)NC(C(=O)NCCNCCOC)c1ccccc1. The Morgan fingerprint density at radius 2 is 1.86 bits per heavy atom. The molecule has 122 valence electrons. The molecular formula is C16H25N3O3. The van der Waals surface area contributed by atoms with Crippen LogP contribution in [0.25, 0.3) is 0 Å². The van der Waals surface area contributed by atoms with E-state index in [0.29, 0.717) is 26.1 Å². The fourth-order valence-corrected chi connectivity index (χ4v) is 1.88. The minimum absolute atomic E-state index is 0.151. The van der Waals surface area contributed by atoms with Crippen LogP contribution in [-0.2, 0) is 14.3 Å². The van der Waals surface area contributed by atoms with Gasteiger partial charge in [0.2, 0.25) is 11.8 Å². The van der Waals surface area contributed by atoms with Crippen molar-refractivity contribution in [3.05, 3.63) is 35.9 Å². The molecule has 6 nitrogen and oxygen atoms in total. The van der Waals surface area contributed by atoms with Gasteiger partial charge in [-0.05, 0) is 5.56 Å². The molecule has 1 aromatic carbocycles. The molecule has 0 aromatic heterocycles. The van der Waals surface area contributed by atoms with Gasteiger partial charge in [0.15, 0.2) is 0 Å². The first-order chi connectivity index (χ1) is 10.7. The van der Waals surface area contributed by atoms with Gasteiger partial charge in [-0.2, -0.15) is 0 Å². The first-order valence-corrected chi connectivity index (χ1v) is 7.50. The van der Waals surface area contributed by atoms with Crippen molar-refractivity contribution in [3.8, 4) is 0 Å². The van der Waals surface area contributed by atoms with Crippen LogP contribution in [0.5, 0.6) is 0 Å². The van der Waals surface area contributed by atoms with E-state index in [9.17, 15) is 9.59 Å². The second kappa shape index (κ2) is 10.8. The number of hydrogen-bond acceptors (Lipinski definition) is 4. The Labute approximate surface area is 131 Å². The molecule has 1 unspecified atom stereocenters. The lowest BCUT2D eigenvalue weighted by Gasteiger charge is -2.18. The van der Waals surface area contributed by atoms with Crippen LogP contribution in [0.4, 0.5) is 0 Å². The van der Waals surface area contributed by atoms with Gasteiger partial charge < -0.3 is 20.7 Å². The maximum absolute atomic E-state index is 12.3. The van der Waals surface area contributed by atoms with E-state index in [1.807, 2.05) is 30.3 Å². The van der Waals surface area contributed by atoms with Gasteiger partial charge >= 0.3 is 0 Å². The van der Waals surface area contributed by atoms with Crippen molar-refractivity contribution < 1.29 is 14.3 Å². The molecule has 1 rings (SSSR count). The van der Waals surface area contributed by atoms with Crippen molar-refractivity contribution in [1.29, 1.82) is 0 Å². The fraction of sp³-hybridized carbons (Fsp3) is 0.500. The summed E-state index contributed by atoms with van der Waals surface area (Å²) in [7, 11) is 1.64. The van der Waals surface area contributed by atoms with E-state index in [1.165, 1.54) is 0 Å². The van der Waals surface area contributed by atoms with Gasteiger partial charge in [-0.1, -0.05) is 37.3 Å². The number of carbonyl (C=O) groups is 2. The molecule has 0 saturated carbocycles. The molecule has 0 aliphatic heterocycles. The summed E-state index contributed by atoms with van der Waals surface area (Å²) < 4.78 is 4.92. The summed E-state index contributed by atoms with van der Waals surface area (Å²) in [5.41, 5.74) is 0.772. The van der Waals surface area contributed by atoms with Gasteiger partial charge in [0, 0.05) is 33.2 Å². The number of nitrogens with one attached hydrogen (secondary N) is 3. The summed E-state index contributed by atoms with van der Waals surface area (Å²) in [6.07, 6.45) is 0.342. The third-order valence-corrected chi connectivity index (χ3v) is 3.11. The van der Waals surface area contributed by atoms with Crippen molar-refractivity contribution >= 4 is 11.8 Å². The molecule has 6 heteroatoms. The largest absolute Gasteiger partial charge is 0.383 e. The molecule has 0 aliphatic rings. The van der Waals surface area contributed by atoms with Gasteiger partial charge in [0.25, 0.3) is 0 Å². The number of ether oxygens (including phenoxy) is 1. The van der Waals surface area contributed by atoms with Crippen molar-refractivity contribution in [3.63, 3.8) is 0 Å². The van der Waals surface area contributed by atoms with Crippen LogP contribution in [-0.4, -0.2) is 45.2 Å². The zero-order valence-electron chi connectivity index (χ0n) is 13.2. The summed E-state index contributed by atoms with van der Waals surface area (Å²) in [6.45, 7) is 4.27. The minimum atomic E-state index is -0.660. The highest BCUT2D eigenvalue weighted by Crippen LogP contribution is 2.12. The first kappa shape index (κ1) is 18.1. The highest BCUT2D eigenvalue weighted by molar-refractivity contribution is 5.88. The smallest absolute Gasteiger partial charge is 0.247 e. The molecule has 1 aromatic rings. The maximum atomic E-state index is 12.3. The van der Waals surface area contributed by atoms with E-state index >= 15 is 0 Å². The van der Waals surface area contributed by atoms with Crippen molar-refractivity contribution in [2.24, 2.45) is 0 Å². The van der Waals surface area contributed by atoms with Gasteiger partial charge in [-0.25, -0.2) is 0 Å². The van der Waals surface area contributed by atoms with Crippen molar-refractivity contribution in [2.45, 2.75) is 19.4 Å². The predicted octanol–water partition coefficient (Wildman–Crippen LogP) is 0.606. The Morgan fingerprint density at radius 3 is 2.50 bits per heavy atom. The van der Waals surface area contributed by atoms with Crippen molar-refractivity contribution in [2.75, 3.05) is 33.4 Å². The first-order valence-electron chi connectivity index (χ1n) is 7.50. The number of amides is 2. The fourth-order valence-electron chi connectivity index (χ4n) is 1.88. The Morgan fingerprint density at radius 1 is 1.14 bits per heavy atom. The quantitative estimate of drug-likeness (QED) is 0.553. The van der Waals surface area contributed by atoms with Gasteiger partial charge in [-0.3, -0.25) is 9.59 Å². The number of hydrogen-bond donors (Lipinski definition) is 3. The van der Waals surface area contributed by atoms with Crippen molar-refractivity contribution in [1.82, 2.24) is 16.0 Å². The molecule has 2 amide bonds. The Bertz CT molecular complexity index is 451. The van der Waals surface area contributed by atoms with E-state index < -0.39 is 6.04 Å². The van der Waals surface area contributed by atoms with Crippen LogP contribution in [0.2, 0.25) is 0 Å². The predicted molar refractivity (Wildman–Crippen MR) is 85.4 cm³/mol. The van der Waals surface area contributed by atoms with Gasteiger partial charge in [-0.15, -0.1) is 0 Å². The standard InChI is InChI=1S/C16H25N3O3/c1-3-14(20)19-15(13-7-5-4-6-8-13)16(21)18-10-9-17-11-12-22-2/h4-8,15,17H,3,9-12H2,1-2H3,(H,18,21)(H,19,20). The number of methoxy groups -OCH3 is 1. The summed E-state index contributed by atoms with van der Waals surface area (Å²) in [5, 5.41) is 8.73. The van der Waals surface area contributed by atoms with E-state index in [4.69, 9.17) is 4.74 Å². The van der Waals surface area contributed by atoms with E-state index in [0.717, 1.165) is 12.1 Å². The Kier molecular flexibility index (Phi) is 8.86. The number of carbonyl (C=O) groups excluding carboxylic acids is 2. The normalized spacial score (nSPS) is 11.7. The van der Waals surface area contributed by atoms with E-state index in [-0.39, 0.29) is 11.8 Å². The summed E-state index contributed by atoms with van der Waals surface area (Å²) >= 11 is 0. The summed E-state index contributed by atoms with van der Waals surface area (Å²) in [5.74, 6) is -0.358. The van der Waals surface area contributed by atoms with Crippen LogP contribution >= 0.6 is 0 Å². The molecule has 1 atom stereocenters. The molecular weight excluding hydrogens is 282 g/mol. The zero-order chi connectivity index (χ0) is 16.2. The molecule has 0 bridgehead atoms. The highest BCUT2D eigenvalue weighted by Gasteiger charge is 2.21. The monoisotopic (exact) mass is 307 g/mol. The highest BCUT2D eigenvalue weighted by atomic mass is 16.5. The van der Waals surface area contributed by atoms with Gasteiger partial charge in [0.1, 0.15) is 6.04 Å². The molecule has 0 fully saturated rings. The Balaban J connectivity index is 2.52. The molecule has 0 heterocycles. The van der Waals surface area contributed by atoms with Crippen LogP contribution in [0.3, 0.4) is 0 Å². The maximum Gasteiger partial charge on any atom is 0.247 e. The third-order valence-electron chi connectivity index (χ3n) is 3.11. The molecule has 0 aliphatic carbocycles. The number of benzene rings is 1. The summed E-state index contributed by atoms with van der Waals surface area (Å²) in [6, 6.07) is 8.57. The van der Waals surface area contributed by atoms with E-state index in [2.05, 4.69) is 16.0 Å². The van der Waals surface area contributed by atoms with Gasteiger partial charge in [0.05, 0.1) is 6.61 Å². The van der Waals surface area contributed by atoms with Crippen LogP contribution in [0, 0.1) is 0 Å². The second-order valence-electron chi connectivity index (χ2n) is 4.80. The van der Waals surface area contributed by atoms with Crippen LogP contribution in [0.15, 0.2) is 30.3 Å². The van der Waals surface area contributed by atoms with Crippen LogP contribution in [0.1, 0.15) is 24.9 Å². The second-order valence-corrected chi connectivity index (χ2v) is 4.80. The lowest BCUT2D eigenvalue weighted by atomic mass is 10.1. The molecule has 22 heavy (non-hydrogen) atoms. The third kappa shape index (κ3) is 6.69. The molecule has 3 N–H and O–H groups in total. The average Bonchev–Trinajstić information content (AvgIpc) is 2.56. The molecule has 0 radical (unpaired) electrons. The molecule has 0 spiro atoms. The van der Waals surface area contributed by atoms with E-state index in [1.54, 1.807) is 14.0 Å². The zero-order valence-corrected chi connectivity index (χ0v) is 13.2.